The van der Waals surface area contributed by atoms with E-state index < -0.39 is 15.7 Å². The number of hydrogen-bond acceptors (Lipinski definition) is 4. The Morgan fingerprint density at radius 3 is 2.48 bits per heavy atom. The number of carbonyl (C=O) groups excluding carboxylic acids is 1. The van der Waals surface area contributed by atoms with Crippen LogP contribution in [0.15, 0.2) is 58.3 Å². The Morgan fingerprint density at radius 1 is 1.05 bits per heavy atom. The van der Waals surface area contributed by atoms with Gasteiger partial charge >= 0.3 is 0 Å². The van der Waals surface area contributed by atoms with E-state index in [4.69, 9.17) is 16.6 Å². The second-order valence-corrected chi connectivity index (χ2v) is 6.68. The van der Waals surface area contributed by atoms with Crippen molar-refractivity contribution in [2.24, 2.45) is 0 Å². The van der Waals surface area contributed by atoms with Crippen LogP contribution in [0.5, 0.6) is 5.75 Å². The molecule has 1 aliphatic rings. The average molecular weight is 324 g/mol. The summed E-state index contributed by atoms with van der Waals surface area (Å²) in [6.07, 6.45) is -0.124. The van der Waals surface area contributed by atoms with E-state index in [9.17, 15) is 13.2 Å². The Labute approximate surface area is 126 Å². The van der Waals surface area contributed by atoms with Crippen molar-refractivity contribution in [3.63, 3.8) is 0 Å². The van der Waals surface area contributed by atoms with Gasteiger partial charge in [-0.1, -0.05) is 28.8 Å². The molecule has 5 nitrogen and oxygen atoms in total. The molecular formula is C14H10ClNO4S. The molecule has 1 amide bonds. The highest BCUT2D eigenvalue weighted by Gasteiger charge is 2.30. The Balaban J connectivity index is 2.17. The van der Waals surface area contributed by atoms with E-state index in [0.717, 1.165) is 0 Å². The predicted octanol–water partition coefficient (Wildman–Crippen LogP) is 2.35. The first-order valence-electron chi connectivity index (χ1n) is 6.09. The van der Waals surface area contributed by atoms with Crippen LogP contribution in [0.2, 0.25) is 0 Å². The molecule has 7 heteroatoms. The van der Waals surface area contributed by atoms with Crippen LogP contribution in [-0.2, 0) is 21.1 Å². The molecule has 1 heterocycles. The molecule has 108 valence electrons. The van der Waals surface area contributed by atoms with E-state index in [-0.39, 0.29) is 22.0 Å². The van der Waals surface area contributed by atoms with Crippen LogP contribution in [0.3, 0.4) is 0 Å². The summed E-state index contributed by atoms with van der Waals surface area (Å²) in [5.41, 5.74) is 0.322. The standard InChI is InChI=1S/C14H10ClNO4S/c15-16-14(17)9-11-12(20-16)7-4-8-13(11)21(18,19)10-5-2-1-3-6-10/h1-8H,9H2. The third-order valence-electron chi connectivity index (χ3n) is 3.14. The highest BCUT2D eigenvalue weighted by Crippen LogP contribution is 2.34. The van der Waals surface area contributed by atoms with Crippen molar-refractivity contribution in [3.05, 3.63) is 54.1 Å². The van der Waals surface area contributed by atoms with Gasteiger partial charge in [0.2, 0.25) is 9.84 Å². The Bertz CT molecular complexity index is 805. The second-order valence-electron chi connectivity index (χ2n) is 4.46. The van der Waals surface area contributed by atoms with Crippen molar-refractivity contribution in [3.8, 4) is 5.75 Å². The number of sulfone groups is 1. The van der Waals surface area contributed by atoms with Crippen molar-refractivity contribution in [2.75, 3.05) is 0 Å². The van der Waals surface area contributed by atoms with Crippen LogP contribution < -0.4 is 4.84 Å². The molecule has 2 aromatic rings. The first kappa shape index (κ1) is 13.9. The molecule has 0 N–H and O–H groups in total. The number of benzene rings is 2. The van der Waals surface area contributed by atoms with Crippen LogP contribution in [0.1, 0.15) is 5.56 Å². The lowest BCUT2D eigenvalue weighted by atomic mass is 10.1. The van der Waals surface area contributed by atoms with Gasteiger partial charge in [0.15, 0.2) is 5.75 Å². The maximum Gasteiger partial charge on any atom is 0.277 e. The van der Waals surface area contributed by atoms with Crippen LogP contribution in [0.25, 0.3) is 0 Å². The molecule has 0 bridgehead atoms. The number of fused-ring (bicyclic) bond motifs is 1. The molecule has 3 rings (SSSR count). The first-order chi connectivity index (χ1) is 10.00. The van der Waals surface area contributed by atoms with Gasteiger partial charge in [-0.25, -0.2) is 8.42 Å². The third kappa shape index (κ3) is 2.36. The van der Waals surface area contributed by atoms with Crippen molar-refractivity contribution in [1.29, 1.82) is 0 Å². The highest BCUT2D eigenvalue weighted by atomic mass is 35.5. The maximum atomic E-state index is 12.7. The van der Waals surface area contributed by atoms with E-state index >= 15 is 0 Å². The zero-order chi connectivity index (χ0) is 15.0. The zero-order valence-corrected chi connectivity index (χ0v) is 12.3. The molecule has 0 aliphatic carbocycles. The van der Waals surface area contributed by atoms with Gasteiger partial charge in [0.1, 0.15) is 0 Å². The molecule has 2 aromatic carbocycles. The predicted molar refractivity (Wildman–Crippen MR) is 75.4 cm³/mol. The lowest BCUT2D eigenvalue weighted by molar-refractivity contribution is -0.143. The fourth-order valence-corrected chi connectivity index (χ4v) is 3.79. The summed E-state index contributed by atoms with van der Waals surface area (Å²) >= 11 is 5.59. The van der Waals surface area contributed by atoms with Crippen LogP contribution >= 0.6 is 11.8 Å². The minimum Gasteiger partial charge on any atom is -0.361 e. The molecule has 0 saturated heterocycles. The Kier molecular flexibility index (Phi) is 3.35. The fraction of sp³-hybridized carbons (Fsp3) is 0.0714. The Hall–Kier alpha value is -2.05. The topological polar surface area (TPSA) is 63.7 Å². The summed E-state index contributed by atoms with van der Waals surface area (Å²) in [6, 6.07) is 12.6. The molecule has 0 atom stereocenters. The lowest BCUT2D eigenvalue weighted by Gasteiger charge is -2.23. The van der Waals surface area contributed by atoms with Crippen LogP contribution in [0, 0.1) is 0 Å². The second kappa shape index (κ2) is 5.05. The SMILES string of the molecule is O=C1Cc2c(cccc2S(=O)(=O)c2ccccc2)ON1Cl. The van der Waals surface area contributed by atoms with E-state index in [2.05, 4.69) is 0 Å². The molecule has 0 radical (unpaired) electrons. The molecule has 0 unspecified atom stereocenters. The van der Waals surface area contributed by atoms with Gasteiger partial charge in [0.25, 0.3) is 5.91 Å². The first-order valence-corrected chi connectivity index (χ1v) is 7.91. The van der Waals surface area contributed by atoms with Gasteiger partial charge in [0, 0.05) is 5.56 Å². The van der Waals surface area contributed by atoms with Crippen LogP contribution in [-0.4, -0.2) is 18.9 Å². The van der Waals surface area contributed by atoms with Gasteiger partial charge in [0.05, 0.1) is 28.0 Å². The van der Waals surface area contributed by atoms with Gasteiger partial charge in [-0.05, 0) is 24.3 Å². The van der Waals surface area contributed by atoms with Crippen molar-refractivity contribution in [2.45, 2.75) is 16.2 Å². The van der Waals surface area contributed by atoms with E-state index in [1.807, 2.05) is 0 Å². The van der Waals surface area contributed by atoms with E-state index in [1.54, 1.807) is 30.3 Å². The number of rotatable bonds is 2. The van der Waals surface area contributed by atoms with Gasteiger partial charge in [-0.3, -0.25) is 4.79 Å². The van der Waals surface area contributed by atoms with Gasteiger partial charge < -0.3 is 4.84 Å². The minimum atomic E-state index is -3.72. The molecule has 0 fully saturated rings. The normalized spacial score (nSPS) is 14.5. The molecule has 21 heavy (non-hydrogen) atoms. The zero-order valence-electron chi connectivity index (χ0n) is 10.7. The van der Waals surface area contributed by atoms with Crippen molar-refractivity contribution in [1.82, 2.24) is 4.58 Å². The molecule has 1 aliphatic heterocycles. The summed E-state index contributed by atoms with van der Waals surface area (Å²) in [7, 11) is -3.72. The largest absolute Gasteiger partial charge is 0.361 e. The average Bonchev–Trinajstić information content (AvgIpc) is 2.49. The summed E-state index contributed by atoms with van der Waals surface area (Å²) in [5.74, 6) is -0.249. The monoisotopic (exact) mass is 323 g/mol. The summed E-state index contributed by atoms with van der Waals surface area (Å²) < 4.78 is 25.9. The summed E-state index contributed by atoms with van der Waals surface area (Å²) in [6.45, 7) is 0. The quantitative estimate of drug-likeness (QED) is 0.796. The molecular weight excluding hydrogens is 314 g/mol. The number of nitrogens with zero attached hydrogens (tertiary/aromatic N) is 1. The molecule has 0 aromatic heterocycles. The number of hydroxylamine groups is 1. The number of amides is 1. The lowest BCUT2D eigenvalue weighted by Crippen LogP contribution is -2.32. The van der Waals surface area contributed by atoms with Crippen LogP contribution in [0.4, 0.5) is 0 Å². The van der Waals surface area contributed by atoms with Crippen molar-refractivity contribution >= 4 is 27.5 Å². The van der Waals surface area contributed by atoms with Gasteiger partial charge in [-0.2, -0.15) is 0 Å². The smallest absolute Gasteiger partial charge is 0.277 e. The van der Waals surface area contributed by atoms with Crippen molar-refractivity contribution < 1.29 is 18.0 Å². The highest BCUT2D eigenvalue weighted by molar-refractivity contribution is 7.91. The fourth-order valence-electron chi connectivity index (χ4n) is 2.13. The minimum absolute atomic E-state index is 0.0596. The number of halogens is 1. The van der Waals surface area contributed by atoms with E-state index in [1.165, 1.54) is 18.2 Å². The summed E-state index contributed by atoms with van der Waals surface area (Å²) in [4.78, 5) is 17.0. The third-order valence-corrected chi connectivity index (χ3v) is 5.25. The molecule has 0 spiro atoms. The van der Waals surface area contributed by atoms with Gasteiger partial charge in [-0.15, -0.1) is 0 Å². The maximum absolute atomic E-state index is 12.7. The number of hydrogen-bond donors (Lipinski definition) is 0. The Morgan fingerprint density at radius 2 is 1.76 bits per heavy atom. The summed E-state index contributed by atoms with van der Waals surface area (Å²) in [5, 5.41) is 0. The van der Waals surface area contributed by atoms with E-state index in [0.29, 0.717) is 10.1 Å². The molecule has 0 saturated carbocycles. The number of carbonyl (C=O) groups is 1.